The summed E-state index contributed by atoms with van der Waals surface area (Å²) in [4.78, 5) is 73.8. The molecule has 7 N–H and O–H groups in total. The number of nitrogens with zero attached hydrogens (tertiary/aromatic N) is 5. The van der Waals surface area contributed by atoms with Crippen LogP contribution in [0.3, 0.4) is 0 Å². The summed E-state index contributed by atoms with van der Waals surface area (Å²) < 4.78 is 18.8. The molecule has 23 heteroatoms. The zero-order valence-corrected chi connectivity index (χ0v) is 45.5. The van der Waals surface area contributed by atoms with Crippen LogP contribution in [0.2, 0.25) is 0 Å². The van der Waals surface area contributed by atoms with Crippen molar-refractivity contribution in [2.45, 2.75) is 155 Å². The molecule has 0 atom stereocenters. The molecule has 0 saturated heterocycles. The maximum absolute atomic E-state index is 11.4. The summed E-state index contributed by atoms with van der Waals surface area (Å²) in [7, 11) is 3.28. The minimum Gasteiger partial charge on any atom is -0.472 e. The van der Waals surface area contributed by atoms with Crippen LogP contribution in [0, 0.1) is 24.7 Å². The number of hydroxylamine groups is 1. The number of nitrogens with one attached hydrogen (secondary N) is 7. The Kier molecular flexibility index (Phi) is 35.7. The van der Waals surface area contributed by atoms with Gasteiger partial charge in [-0.2, -0.15) is 19.7 Å². The number of rotatable bonds is 8. The summed E-state index contributed by atoms with van der Waals surface area (Å²) in [5.41, 5.74) is 4.63. The molecule has 5 aromatic rings. The summed E-state index contributed by atoms with van der Waals surface area (Å²) in [5.74, 6) is 5.17. The lowest BCUT2D eigenvalue weighted by Crippen LogP contribution is -2.22. The highest BCUT2D eigenvalue weighted by atomic mass is 32.1. The second-order valence-electron chi connectivity index (χ2n) is 17.4. The fraction of sp³-hybridized carbons (Fsp3) is 0.596. The molecule has 0 spiro atoms. The van der Waals surface area contributed by atoms with Crippen molar-refractivity contribution in [2.24, 2.45) is 22.7 Å². The molecule has 6 rings (SSSR count). The fourth-order valence-corrected chi connectivity index (χ4v) is 5.51. The Balaban J connectivity index is -0.000000734. The second kappa shape index (κ2) is 36.7. The third-order valence-corrected chi connectivity index (χ3v) is 10.1. The van der Waals surface area contributed by atoms with Crippen molar-refractivity contribution < 1.29 is 23.4 Å². The van der Waals surface area contributed by atoms with Gasteiger partial charge >= 0.3 is 0 Å². The van der Waals surface area contributed by atoms with Crippen LogP contribution in [0.4, 0.5) is 0 Å². The van der Waals surface area contributed by atoms with Crippen molar-refractivity contribution >= 4 is 40.9 Å². The number of carbonyl (C=O) groups is 2. The molecule has 396 valence electrons. The smallest absolute Gasteiger partial charge is 0.281 e. The van der Waals surface area contributed by atoms with Gasteiger partial charge < -0.3 is 24.4 Å². The van der Waals surface area contributed by atoms with Crippen LogP contribution < -0.4 is 38.2 Å². The van der Waals surface area contributed by atoms with Crippen LogP contribution in [0.15, 0.2) is 70.2 Å². The van der Waals surface area contributed by atoms with Crippen molar-refractivity contribution in [3.05, 3.63) is 112 Å². The monoisotopic (exact) mass is 1020 g/mol. The molecule has 70 heavy (non-hydrogen) atoms. The molecule has 0 radical (unpaired) electrons. The zero-order valence-electron chi connectivity index (χ0n) is 43.9. The summed E-state index contributed by atoms with van der Waals surface area (Å²) in [6.45, 7) is 36.7. The van der Waals surface area contributed by atoms with Gasteiger partial charge in [-0.1, -0.05) is 135 Å². The fourth-order valence-electron chi connectivity index (χ4n) is 4.21. The Bertz CT molecular complexity index is 2360. The highest BCUT2D eigenvalue weighted by Gasteiger charge is 2.12. The number of aryl methyl sites for hydroxylation is 1. The summed E-state index contributed by atoms with van der Waals surface area (Å²) in [6.07, 6.45) is 3.01. The lowest BCUT2D eigenvalue weighted by molar-refractivity contribution is -0.124. The molecular weight excluding hydrogens is 941 g/mol. The van der Waals surface area contributed by atoms with Crippen molar-refractivity contribution in [2.75, 3.05) is 14.1 Å². The van der Waals surface area contributed by atoms with E-state index in [-0.39, 0.29) is 70.9 Å². The van der Waals surface area contributed by atoms with Crippen molar-refractivity contribution in [3.8, 4) is 0 Å². The molecule has 0 aliphatic carbocycles. The van der Waals surface area contributed by atoms with Crippen LogP contribution in [-0.2, 0) is 14.4 Å². The molecule has 6 heterocycles. The Morgan fingerprint density at radius 2 is 1.29 bits per heavy atom. The quantitative estimate of drug-likeness (QED) is 0.0767. The van der Waals surface area contributed by atoms with E-state index in [1.807, 2.05) is 96.9 Å². The average Bonchev–Trinajstić information content (AvgIpc) is 4.15. The number of aromatic nitrogens is 8. The van der Waals surface area contributed by atoms with Gasteiger partial charge in [0.2, 0.25) is 17.7 Å². The number of hydrogen-bond acceptors (Lipinski definition) is 17. The third kappa shape index (κ3) is 29.6. The first kappa shape index (κ1) is 68.0. The molecule has 0 fully saturated rings. The largest absolute Gasteiger partial charge is 0.472 e. The first-order chi connectivity index (χ1) is 32.1. The number of aliphatic imine (C=N–C) groups is 1. The van der Waals surface area contributed by atoms with E-state index in [1.54, 1.807) is 27.1 Å². The van der Waals surface area contributed by atoms with Crippen molar-refractivity contribution in [1.29, 1.82) is 0 Å². The van der Waals surface area contributed by atoms with Crippen molar-refractivity contribution in [1.82, 2.24) is 55.0 Å². The number of hydrogen-bond donors (Lipinski definition) is 7. The summed E-state index contributed by atoms with van der Waals surface area (Å²) >= 11 is 2.53. The van der Waals surface area contributed by atoms with E-state index in [0.29, 0.717) is 40.7 Å². The van der Waals surface area contributed by atoms with Crippen LogP contribution in [0.25, 0.3) is 0 Å². The van der Waals surface area contributed by atoms with Gasteiger partial charge in [0, 0.05) is 89.5 Å². The highest BCUT2D eigenvalue weighted by molar-refractivity contribution is 7.05. The maximum Gasteiger partial charge on any atom is 0.281 e. The predicted octanol–water partition coefficient (Wildman–Crippen LogP) is 8.46. The van der Waals surface area contributed by atoms with E-state index in [4.69, 9.17) is 13.8 Å². The molecular formula is C47H82N12O9S2. The van der Waals surface area contributed by atoms with Crippen LogP contribution in [0.5, 0.6) is 0 Å². The van der Waals surface area contributed by atoms with Gasteiger partial charge in [0.25, 0.3) is 16.7 Å². The molecule has 1 aliphatic rings. The molecule has 1 aliphatic heterocycles. The Morgan fingerprint density at radius 1 is 0.714 bits per heavy atom. The van der Waals surface area contributed by atoms with Gasteiger partial charge in [-0.15, -0.1) is 10.2 Å². The van der Waals surface area contributed by atoms with Gasteiger partial charge in [0.15, 0.2) is 11.3 Å². The minimum absolute atomic E-state index is 0. The molecule has 0 aromatic carbocycles. The maximum atomic E-state index is 11.4. The van der Waals surface area contributed by atoms with Crippen LogP contribution in [-0.4, -0.2) is 70.6 Å². The highest BCUT2D eigenvalue weighted by Crippen LogP contribution is 2.14. The summed E-state index contributed by atoms with van der Waals surface area (Å²) in [5, 5.41) is 20.6. The standard InChI is InChI=1S/C9H12O2.C6H10N2O.C6H9NO2.C6H9NOS.C5H8N2OS.2C5H11NO.C4H8N4.CH4/c1-6(2)8-5-11-4-7(3)9(8)10;1-4(2)6-7-5(3)9-8-6;2*1-4(2)5-3-6(8)7-9-5;1-3(2)4-5(8)7-9-6-4;2*1-4(2)5(7)6-3;1-3(2)4-5-7-8-6-4;/h4-6H,1-3H3;4H,3H2,1-2H3,(H,7,8);2*3-4H,1-2H3,(H,7,8);3H,1-2H3,(H,7,8);2*4H,1-3H3,(H,6,7);3H,1-2H3,(H,5,6,7,8);1H4. The third-order valence-electron chi connectivity index (χ3n) is 8.45. The number of H-pyrrole nitrogens is 4. The zero-order chi connectivity index (χ0) is 53.6. The number of amides is 2. The average molecular weight is 1020 g/mol. The van der Waals surface area contributed by atoms with Gasteiger partial charge in [-0.25, -0.2) is 5.48 Å². The molecule has 0 saturated carbocycles. The van der Waals surface area contributed by atoms with E-state index in [9.17, 15) is 28.8 Å². The number of tetrazole rings is 1. The second-order valence-corrected chi connectivity index (χ2v) is 18.8. The van der Waals surface area contributed by atoms with Crippen LogP contribution in [0.1, 0.15) is 181 Å². The molecule has 0 bridgehead atoms. The Hall–Kier alpha value is -6.23. The first-order valence-corrected chi connectivity index (χ1v) is 24.0. The number of amidine groups is 1. The molecule has 2 amide bonds. The van der Waals surface area contributed by atoms with Gasteiger partial charge in [0.1, 0.15) is 17.3 Å². The van der Waals surface area contributed by atoms with Crippen LogP contribution >= 0.6 is 23.3 Å². The van der Waals surface area contributed by atoms with Gasteiger partial charge in [-0.3, -0.25) is 37.5 Å². The number of aromatic amines is 4. The topological polar surface area (TPSA) is 301 Å². The SMILES string of the molecule is C.C=C1N=C(C(C)C)NO1.CC(C)c1cc(=O)[nH]o1.CC(C)c1cc(=O)[nH]s1.CC(C)c1nn[nH]n1.CC(C)c1ns[nH]c1=O.CNC(=O)C(C)C.CNC(=O)C(C)C.Cc1cocc(C(C)C)c1=O. The lowest BCUT2D eigenvalue weighted by Gasteiger charge is -2.02. The first-order valence-electron chi connectivity index (χ1n) is 22.5. The van der Waals surface area contributed by atoms with Gasteiger partial charge in [0.05, 0.1) is 12.5 Å². The van der Waals surface area contributed by atoms with E-state index in [2.05, 4.69) is 80.4 Å². The number of carbonyl (C=O) groups excluding carboxylic acids is 2. The van der Waals surface area contributed by atoms with E-state index in [1.165, 1.54) is 30.1 Å². The Labute approximate surface area is 421 Å². The van der Waals surface area contributed by atoms with E-state index in [0.717, 1.165) is 33.8 Å². The minimum atomic E-state index is -0.168. The molecule has 5 aromatic heterocycles. The molecule has 0 unspecified atom stereocenters. The molecule has 21 nitrogen and oxygen atoms in total. The summed E-state index contributed by atoms with van der Waals surface area (Å²) in [6, 6.07) is 3.11. The lowest BCUT2D eigenvalue weighted by atomic mass is 10.0. The van der Waals surface area contributed by atoms with E-state index < -0.39 is 0 Å². The predicted molar refractivity (Wildman–Crippen MR) is 282 cm³/mol. The van der Waals surface area contributed by atoms with Crippen molar-refractivity contribution in [3.63, 3.8) is 0 Å². The normalized spacial score (nSPS) is 11.0. The Morgan fingerprint density at radius 3 is 1.50 bits per heavy atom. The van der Waals surface area contributed by atoms with E-state index >= 15 is 0 Å². The van der Waals surface area contributed by atoms with Gasteiger partial charge in [-0.05, 0) is 25.3 Å².